The maximum Gasteiger partial charge on any atom is 0.275 e. The maximum atomic E-state index is 12.1. The number of carbonyl (C=O) groups excluding carboxylic acids is 1. The van der Waals surface area contributed by atoms with Crippen LogP contribution in [0.1, 0.15) is 45.6 Å². The predicted octanol–water partition coefficient (Wildman–Crippen LogP) is 4.06. The van der Waals surface area contributed by atoms with Crippen LogP contribution >= 0.6 is 0 Å². The molecule has 2 aromatic heterocycles. The Bertz CT molecular complexity index is 1110. The zero-order valence-electron chi connectivity index (χ0n) is 17.5. The summed E-state index contributed by atoms with van der Waals surface area (Å²) in [5.74, 6) is -0.211. The van der Waals surface area contributed by atoms with Gasteiger partial charge in [-0.3, -0.25) is 9.59 Å². The second kappa shape index (κ2) is 8.95. The van der Waals surface area contributed by atoms with E-state index in [1.54, 1.807) is 36.5 Å². The minimum absolute atomic E-state index is 0.148. The first-order valence-corrected chi connectivity index (χ1v) is 10.1. The van der Waals surface area contributed by atoms with Crippen molar-refractivity contribution >= 4 is 16.8 Å². The minimum Gasteiger partial charge on any atom is -0.355 e. The van der Waals surface area contributed by atoms with Gasteiger partial charge < -0.3 is 14.9 Å². The predicted molar refractivity (Wildman–Crippen MR) is 119 cm³/mol. The number of fused-ring (bicyclic) bond motifs is 2. The normalized spacial score (nSPS) is 12.7. The van der Waals surface area contributed by atoms with E-state index in [1.165, 1.54) is 35.8 Å². The van der Waals surface area contributed by atoms with Gasteiger partial charge in [0.05, 0.1) is 5.56 Å². The zero-order valence-corrected chi connectivity index (χ0v) is 17.5. The Morgan fingerprint density at radius 2 is 1.93 bits per heavy atom. The quantitative estimate of drug-likeness (QED) is 0.661. The molecule has 3 aromatic rings. The average Bonchev–Trinajstić information content (AvgIpc) is 3.12. The van der Waals surface area contributed by atoms with Gasteiger partial charge in [0, 0.05) is 30.9 Å². The van der Waals surface area contributed by atoms with Gasteiger partial charge in [-0.05, 0) is 56.7 Å². The van der Waals surface area contributed by atoms with E-state index in [9.17, 15) is 9.59 Å². The highest BCUT2D eigenvalue weighted by Gasteiger charge is 2.15. The smallest absolute Gasteiger partial charge is 0.275 e. The topological polar surface area (TPSA) is 66.9 Å². The van der Waals surface area contributed by atoms with Crippen LogP contribution in [0.2, 0.25) is 0 Å². The van der Waals surface area contributed by atoms with Crippen molar-refractivity contribution in [2.75, 3.05) is 7.05 Å². The summed E-state index contributed by atoms with van der Waals surface area (Å²) in [5, 5.41) is 3.23. The SMILES string of the molecule is C=CCn1cc(C(=O)NC)c2cc(C)[nH]c2c1=O.Cc1ccc2c(c1)CCCC2. The van der Waals surface area contributed by atoms with Gasteiger partial charge in [-0.15, -0.1) is 6.58 Å². The van der Waals surface area contributed by atoms with Crippen molar-refractivity contribution in [3.8, 4) is 0 Å². The van der Waals surface area contributed by atoms with Gasteiger partial charge in [0.1, 0.15) is 5.52 Å². The van der Waals surface area contributed by atoms with E-state index in [2.05, 4.69) is 42.0 Å². The van der Waals surface area contributed by atoms with E-state index >= 15 is 0 Å². The van der Waals surface area contributed by atoms with E-state index in [0.717, 1.165) is 5.69 Å². The number of benzene rings is 1. The van der Waals surface area contributed by atoms with Crippen molar-refractivity contribution < 1.29 is 4.79 Å². The van der Waals surface area contributed by atoms with Gasteiger partial charge in [-0.1, -0.05) is 29.8 Å². The third kappa shape index (κ3) is 4.50. The fraction of sp³-hybridized carbons (Fsp3) is 0.333. The lowest BCUT2D eigenvalue weighted by Gasteiger charge is -2.15. The molecule has 4 rings (SSSR count). The van der Waals surface area contributed by atoms with Crippen LogP contribution in [0.3, 0.4) is 0 Å². The van der Waals surface area contributed by atoms with Crippen molar-refractivity contribution in [3.63, 3.8) is 0 Å². The number of aromatic amines is 1. The van der Waals surface area contributed by atoms with Crippen LogP contribution in [0.5, 0.6) is 0 Å². The zero-order chi connectivity index (χ0) is 21.0. The molecule has 0 fully saturated rings. The summed E-state index contributed by atoms with van der Waals surface area (Å²) in [6, 6.07) is 8.67. The highest BCUT2D eigenvalue weighted by molar-refractivity contribution is 6.06. The molecule has 0 spiro atoms. The number of nitrogens with zero attached hydrogens (tertiary/aromatic N) is 1. The lowest BCUT2D eigenvalue weighted by Crippen LogP contribution is -2.25. The largest absolute Gasteiger partial charge is 0.355 e. The molecule has 2 N–H and O–H groups in total. The Morgan fingerprint density at radius 3 is 2.62 bits per heavy atom. The fourth-order valence-electron chi connectivity index (χ4n) is 3.85. The van der Waals surface area contributed by atoms with Crippen LogP contribution in [-0.4, -0.2) is 22.5 Å². The highest BCUT2D eigenvalue weighted by Crippen LogP contribution is 2.21. The second-order valence-electron chi connectivity index (χ2n) is 7.59. The summed E-state index contributed by atoms with van der Waals surface area (Å²) in [4.78, 5) is 27.0. The highest BCUT2D eigenvalue weighted by atomic mass is 16.1. The average molecular weight is 392 g/mol. The number of H-pyrrole nitrogens is 1. The monoisotopic (exact) mass is 391 g/mol. The first-order valence-electron chi connectivity index (χ1n) is 10.1. The molecular weight excluding hydrogens is 362 g/mol. The molecule has 0 radical (unpaired) electrons. The molecule has 152 valence electrons. The number of pyridine rings is 1. The molecule has 5 nitrogen and oxygen atoms in total. The van der Waals surface area contributed by atoms with Crippen molar-refractivity contribution in [2.24, 2.45) is 0 Å². The number of hydrogen-bond donors (Lipinski definition) is 2. The molecule has 0 saturated heterocycles. The van der Waals surface area contributed by atoms with E-state index < -0.39 is 0 Å². The summed E-state index contributed by atoms with van der Waals surface area (Å²) in [6.07, 6.45) is 8.56. The summed E-state index contributed by atoms with van der Waals surface area (Å²) >= 11 is 0. The third-order valence-electron chi connectivity index (χ3n) is 5.30. The molecular formula is C24H29N3O2. The molecule has 1 aromatic carbocycles. The van der Waals surface area contributed by atoms with Crippen molar-refractivity contribution in [3.05, 3.63) is 81.4 Å². The Morgan fingerprint density at radius 1 is 1.21 bits per heavy atom. The first kappa shape index (κ1) is 20.6. The molecule has 1 amide bonds. The second-order valence-corrected chi connectivity index (χ2v) is 7.59. The molecule has 2 heterocycles. The number of amides is 1. The van der Waals surface area contributed by atoms with Crippen LogP contribution in [0.15, 0.2) is 47.9 Å². The number of carbonyl (C=O) groups is 1. The molecule has 1 aliphatic rings. The Kier molecular flexibility index (Phi) is 6.37. The van der Waals surface area contributed by atoms with Crippen LogP contribution in [0.25, 0.3) is 10.9 Å². The number of allylic oxidation sites excluding steroid dienone is 1. The molecule has 0 unspecified atom stereocenters. The van der Waals surface area contributed by atoms with Gasteiger partial charge in [0.2, 0.25) is 0 Å². The number of nitrogens with one attached hydrogen (secondary N) is 2. The number of aryl methyl sites for hydroxylation is 4. The molecule has 0 saturated carbocycles. The molecule has 0 atom stereocenters. The molecule has 1 aliphatic carbocycles. The van der Waals surface area contributed by atoms with E-state index in [0.29, 0.717) is 23.0 Å². The fourth-order valence-corrected chi connectivity index (χ4v) is 3.85. The Hall–Kier alpha value is -3.08. The summed E-state index contributed by atoms with van der Waals surface area (Å²) in [6.45, 7) is 8.01. The van der Waals surface area contributed by atoms with Gasteiger partial charge in [-0.2, -0.15) is 0 Å². The Balaban J connectivity index is 0.000000186. The number of aromatic nitrogens is 2. The Labute approximate surface area is 171 Å². The first-order chi connectivity index (χ1) is 13.9. The lowest BCUT2D eigenvalue weighted by molar-refractivity contribution is 0.0964. The van der Waals surface area contributed by atoms with Crippen molar-refractivity contribution in [2.45, 2.75) is 46.1 Å². The van der Waals surface area contributed by atoms with Crippen LogP contribution in [0, 0.1) is 13.8 Å². The summed E-state index contributed by atoms with van der Waals surface area (Å²) in [7, 11) is 1.57. The molecule has 0 aliphatic heterocycles. The maximum absolute atomic E-state index is 12.1. The van der Waals surface area contributed by atoms with Gasteiger partial charge >= 0.3 is 0 Å². The lowest BCUT2D eigenvalue weighted by atomic mass is 9.91. The molecule has 5 heteroatoms. The van der Waals surface area contributed by atoms with E-state index in [-0.39, 0.29) is 11.5 Å². The van der Waals surface area contributed by atoms with Gasteiger partial charge in [0.15, 0.2) is 0 Å². The standard InChI is InChI=1S/C13H15N3O2.C11H14/c1-4-5-16-7-10(12(17)14-3)9-6-8(2)15-11(9)13(16)18;1-9-6-7-10-4-2-3-5-11(10)8-9/h4,6-7,15H,1,5H2,2-3H3,(H,14,17);6-8H,2-5H2,1H3. The third-order valence-corrected chi connectivity index (χ3v) is 5.30. The molecule has 29 heavy (non-hydrogen) atoms. The van der Waals surface area contributed by atoms with Crippen LogP contribution in [0.4, 0.5) is 0 Å². The van der Waals surface area contributed by atoms with Crippen molar-refractivity contribution in [1.82, 2.24) is 14.9 Å². The number of rotatable bonds is 3. The van der Waals surface area contributed by atoms with Crippen molar-refractivity contribution in [1.29, 1.82) is 0 Å². The van der Waals surface area contributed by atoms with E-state index in [1.807, 2.05) is 6.92 Å². The van der Waals surface area contributed by atoms with Crippen LogP contribution in [-0.2, 0) is 19.4 Å². The molecule has 0 bridgehead atoms. The van der Waals surface area contributed by atoms with Gasteiger partial charge in [-0.25, -0.2) is 0 Å². The minimum atomic E-state index is -0.211. The van der Waals surface area contributed by atoms with Gasteiger partial charge in [0.25, 0.3) is 11.5 Å². The van der Waals surface area contributed by atoms with E-state index in [4.69, 9.17) is 0 Å². The number of hydrogen-bond acceptors (Lipinski definition) is 2. The van der Waals surface area contributed by atoms with Crippen LogP contribution < -0.4 is 10.9 Å². The summed E-state index contributed by atoms with van der Waals surface area (Å²) < 4.78 is 1.47. The summed E-state index contributed by atoms with van der Waals surface area (Å²) in [5.41, 5.74) is 6.23.